The second kappa shape index (κ2) is 6.92. The van der Waals surface area contributed by atoms with E-state index in [0.717, 1.165) is 42.6 Å². The van der Waals surface area contributed by atoms with E-state index >= 15 is 0 Å². The summed E-state index contributed by atoms with van der Waals surface area (Å²) in [6.07, 6.45) is -3.91. The zero-order valence-corrected chi connectivity index (χ0v) is 13.1. The lowest BCUT2D eigenvalue weighted by Crippen LogP contribution is -2.26. The summed E-state index contributed by atoms with van der Waals surface area (Å²) in [7, 11) is -4.46. The van der Waals surface area contributed by atoms with E-state index in [1.54, 1.807) is 0 Å². The van der Waals surface area contributed by atoms with E-state index in [0.29, 0.717) is 0 Å². The molecule has 0 amide bonds. The third-order valence-electron chi connectivity index (χ3n) is 3.15. The molecule has 0 aliphatic rings. The molecule has 2 N–H and O–H groups in total. The van der Waals surface area contributed by atoms with Crippen molar-refractivity contribution >= 4 is 10.0 Å². The maximum Gasteiger partial charge on any atom is 0.401 e. The number of aromatic nitrogens is 1. The molecule has 0 fully saturated rings. The summed E-state index contributed by atoms with van der Waals surface area (Å²) in [5, 5.41) is 4.96. The fourth-order valence-electron chi connectivity index (χ4n) is 2.20. The molecule has 2 aromatic rings. The zero-order valence-electron chi connectivity index (χ0n) is 12.2. The van der Waals surface area contributed by atoms with Crippen molar-refractivity contribution in [1.29, 1.82) is 0 Å². The molecule has 2 rings (SSSR count). The first-order valence-electron chi connectivity index (χ1n) is 6.59. The Hall–Kier alpha value is -2.27. The first kappa shape index (κ1) is 19.1. The number of nitrogens with zero attached hydrogens (tertiary/aromatic N) is 1. The van der Waals surface area contributed by atoms with Crippen LogP contribution in [0.25, 0.3) is 0 Å². The number of alkyl halides is 5. The van der Waals surface area contributed by atoms with Crippen LogP contribution in [0.5, 0.6) is 5.75 Å². The van der Waals surface area contributed by atoms with Crippen molar-refractivity contribution in [3.05, 3.63) is 53.9 Å². The molecule has 0 bridgehead atoms. The van der Waals surface area contributed by atoms with E-state index < -0.39 is 44.9 Å². The first-order chi connectivity index (χ1) is 11.5. The van der Waals surface area contributed by atoms with Crippen LogP contribution in [0.1, 0.15) is 17.2 Å². The molecule has 1 heterocycles. The molecular formula is C14H11F5N2O3S. The fourth-order valence-corrected chi connectivity index (χ4v) is 2.93. The quantitative estimate of drug-likeness (QED) is 0.806. The topological polar surface area (TPSA) is 82.3 Å². The summed E-state index contributed by atoms with van der Waals surface area (Å²) < 4.78 is 92.1. The largest absolute Gasteiger partial charge is 0.435 e. The van der Waals surface area contributed by atoms with Gasteiger partial charge in [-0.25, -0.2) is 13.6 Å². The van der Waals surface area contributed by atoms with Crippen LogP contribution in [-0.4, -0.2) is 26.2 Å². The minimum atomic E-state index is -4.90. The van der Waals surface area contributed by atoms with E-state index in [-0.39, 0.29) is 5.75 Å². The summed E-state index contributed by atoms with van der Waals surface area (Å²) in [5.41, 5.74) is -1.21. The monoisotopic (exact) mass is 382 g/mol. The number of halogens is 5. The van der Waals surface area contributed by atoms with Crippen LogP contribution >= 0.6 is 0 Å². The molecule has 0 aliphatic heterocycles. The van der Waals surface area contributed by atoms with Gasteiger partial charge in [0.25, 0.3) is 0 Å². The van der Waals surface area contributed by atoms with Crippen molar-refractivity contribution in [2.24, 2.45) is 5.14 Å². The minimum absolute atomic E-state index is 0.340. The maximum absolute atomic E-state index is 13.5. The van der Waals surface area contributed by atoms with Gasteiger partial charge < -0.3 is 4.74 Å². The Kier molecular flexibility index (Phi) is 5.28. The van der Waals surface area contributed by atoms with Gasteiger partial charge in [0.1, 0.15) is 16.6 Å². The number of nitrogens with two attached hydrogens (primary N) is 1. The van der Waals surface area contributed by atoms with Crippen LogP contribution in [0.15, 0.2) is 47.5 Å². The Morgan fingerprint density at radius 2 is 1.68 bits per heavy atom. The molecule has 1 unspecified atom stereocenters. The van der Waals surface area contributed by atoms with E-state index in [2.05, 4.69) is 9.72 Å². The molecule has 136 valence electrons. The van der Waals surface area contributed by atoms with Crippen molar-refractivity contribution in [1.82, 2.24) is 4.98 Å². The Bertz CT molecular complexity index is 838. The number of primary sulfonamides is 1. The van der Waals surface area contributed by atoms with Crippen molar-refractivity contribution in [3.63, 3.8) is 0 Å². The highest BCUT2D eigenvalue weighted by Crippen LogP contribution is 2.41. The number of hydrogen-bond acceptors (Lipinski definition) is 4. The van der Waals surface area contributed by atoms with E-state index in [4.69, 9.17) is 5.14 Å². The summed E-state index contributed by atoms with van der Waals surface area (Å²) in [6, 6.07) is 5.68. The molecule has 5 nitrogen and oxygen atoms in total. The fraction of sp³-hybridized carbons (Fsp3) is 0.214. The van der Waals surface area contributed by atoms with Gasteiger partial charge in [-0.1, -0.05) is 12.1 Å². The Morgan fingerprint density at radius 3 is 2.16 bits per heavy atom. The third-order valence-corrected chi connectivity index (χ3v) is 4.10. The van der Waals surface area contributed by atoms with Gasteiger partial charge in [0.15, 0.2) is 0 Å². The van der Waals surface area contributed by atoms with Gasteiger partial charge in [-0.05, 0) is 29.8 Å². The molecular weight excluding hydrogens is 371 g/mol. The van der Waals surface area contributed by atoms with E-state index in [1.165, 1.54) is 0 Å². The predicted molar refractivity (Wildman–Crippen MR) is 76.6 cm³/mol. The summed E-state index contributed by atoms with van der Waals surface area (Å²) in [6.45, 7) is -3.13. The lowest BCUT2D eigenvalue weighted by Gasteiger charge is -2.22. The average Bonchev–Trinajstić information content (AvgIpc) is 2.47. The van der Waals surface area contributed by atoms with Gasteiger partial charge >= 0.3 is 12.8 Å². The van der Waals surface area contributed by atoms with Crippen LogP contribution in [-0.2, 0) is 10.0 Å². The molecule has 25 heavy (non-hydrogen) atoms. The zero-order chi connectivity index (χ0) is 18.8. The molecule has 0 saturated heterocycles. The molecule has 0 saturated carbocycles. The van der Waals surface area contributed by atoms with Crippen molar-refractivity contribution < 1.29 is 35.1 Å². The van der Waals surface area contributed by atoms with Crippen molar-refractivity contribution in [2.75, 3.05) is 0 Å². The third kappa shape index (κ3) is 4.63. The molecule has 0 aliphatic carbocycles. The minimum Gasteiger partial charge on any atom is -0.435 e. The van der Waals surface area contributed by atoms with Gasteiger partial charge in [0.2, 0.25) is 10.0 Å². The van der Waals surface area contributed by atoms with E-state index in [9.17, 15) is 30.4 Å². The molecule has 1 atom stereocenters. The SMILES string of the molecule is NS(=O)(=O)c1cccnc1C(c1ccc(OC(F)F)cc1)C(F)(F)F. The predicted octanol–water partition coefficient (Wildman–Crippen LogP) is 3.02. The second-order valence-electron chi connectivity index (χ2n) is 4.85. The molecule has 11 heteroatoms. The highest BCUT2D eigenvalue weighted by molar-refractivity contribution is 7.89. The number of sulfonamides is 1. The lowest BCUT2D eigenvalue weighted by atomic mass is 9.94. The number of pyridine rings is 1. The summed E-state index contributed by atoms with van der Waals surface area (Å²) >= 11 is 0. The van der Waals surface area contributed by atoms with E-state index in [1.807, 2.05) is 0 Å². The van der Waals surface area contributed by atoms with Gasteiger partial charge in [0, 0.05) is 6.20 Å². The van der Waals surface area contributed by atoms with Crippen LogP contribution in [0, 0.1) is 0 Å². The molecule has 1 aromatic carbocycles. The highest BCUT2D eigenvalue weighted by Gasteiger charge is 2.45. The van der Waals surface area contributed by atoms with Gasteiger partial charge in [-0.15, -0.1) is 0 Å². The highest BCUT2D eigenvalue weighted by atomic mass is 32.2. The first-order valence-corrected chi connectivity index (χ1v) is 8.14. The summed E-state index contributed by atoms with van der Waals surface area (Å²) in [4.78, 5) is 2.76. The van der Waals surface area contributed by atoms with Crippen molar-refractivity contribution in [2.45, 2.75) is 23.6 Å². The maximum atomic E-state index is 13.5. The van der Waals surface area contributed by atoms with Crippen LogP contribution in [0.2, 0.25) is 0 Å². The summed E-state index contributed by atoms with van der Waals surface area (Å²) in [5.74, 6) is -2.75. The Labute approximate surface area is 139 Å². The van der Waals surface area contributed by atoms with Gasteiger partial charge in [-0.3, -0.25) is 4.98 Å². The number of rotatable bonds is 5. The number of hydrogen-bond donors (Lipinski definition) is 1. The standard InChI is InChI=1S/C14H11F5N2O3S/c15-13(16)24-9-5-3-8(4-6-9)11(14(17,18)19)12-10(25(20,22)23)2-1-7-21-12/h1-7,11,13H,(H2,20,22,23). The Balaban J connectivity index is 2.57. The number of ether oxygens (including phenoxy) is 1. The van der Waals surface area contributed by atoms with Crippen molar-refractivity contribution in [3.8, 4) is 5.75 Å². The lowest BCUT2D eigenvalue weighted by molar-refractivity contribution is -0.142. The van der Waals surface area contributed by atoms with Crippen LogP contribution in [0.3, 0.4) is 0 Å². The molecule has 1 aromatic heterocycles. The van der Waals surface area contributed by atoms with Gasteiger partial charge in [0.05, 0.1) is 5.69 Å². The smallest absolute Gasteiger partial charge is 0.401 e. The Morgan fingerprint density at radius 1 is 1.08 bits per heavy atom. The number of benzene rings is 1. The van der Waals surface area contributed by atoms with Crippen LogP contribution < -0.4 is 9.88 Å². The van der Waals surface area contributed by atoms with Gasteiger partial charge in [-0.2, -0.15) is 22.0 Å². The average molecular weight is 382 g/mol. The molecule has 0 spiro atoms. The normalized spacial score (nSPS) is 13.7. The molecule has 0 radical (unpaired) electrons. The second-order valence-corrected chi connectivity index (χ2v) is 6.38. The van der Waals surface area contributed by atoms with Crippen LogP contribution in [0.4, 0.5) is 22.0 Å².